The second kappa shape index (κ2) is 7.24. The predicted octanol–water partition coefficient (Wildman–Crippen LogP) is 0.755. The number of nitrogens with zero attached hydrogens (tertiary/aromatic N) is 1. The highest BCUT2D eigenvalue weighted by molar-refractivity contribution is 7.80. The molecule has 0 aromatic heterocycles. The Morgan fingerprint density at radius 3 is 2.54 bits per heavy atom. The first-order chi connectivity index (χ1) is 6.11. The lowest BCUT2D eigenvalue weighted by Crippen LogP contribution is -2.38. The van der Waals surface area contributed by atoms with Crippen molar-refractivity contribution in [1.29, 1.82) is 0 Å². The molecule has 3 nitrogen and oxygen atoms in total. The fourth-order valence-corrected chi connectivity index (χ4v) is 1.63. The zero-order valence-corrected chi connectivity index (χ0v) is 9.31. The summed E-state index contributed by atoms with van der Waals surface area (Å²) in [5, 5.41) is 8.84. The minimum atomic E-state index is 0.196. The molecule has 0 aromatic carbocycles. The van der Waals surface area contributed by atoms with Crippen LogP contribution < -0.4 is 5.73 Å². The molecule has 1 atom stereocenters. The summed E-state index contributed by atoms with van der Waals surface area (Å²) in [5.41, 5.74) is 5.47. The average molecular weight is 204 g/mol. The highest BCUT2D eigenvalue weighted by Gasteiger charge is 2.12. The van der Waals surface area contributed by atoms with Crippen LogP contribution >= 0.6 is 12.2 Å². The van der Waals surface area contributed by atoms with Crippen molar-refractivity contribution in [2.24, 2.45) is 5.73 Å². The fraction of sp³-hybridized carbons (Fsp3) is 0.889. The average Bonchev–Trinajstić information content (AvgIpc) is 2.02. The fourth-order valence-electron chi connectivity index (χ4n) is 1.39. The summed E-state index contributed by atoms with van der Waals surface area (Å²) in [6.45, 7) is 6.10. The van der Waals surface area contributed by atoms with E-state index in [4.69, 9.17) is 23.1 Å². The van der Waals surface area contributed by atoms with Crippen LogP contribution in [0.5, 0.6) is 0 Å². The van der Waals surface area contributed by atoms with Crippen molar-refractivity contribution in [3.05, 3.63) is 0 Å². The molecule has 3 N–H and O–H groups in total. The van der Waals surface area contributed by atoms with Gasteiger partial charge in [0.25, 0.3) is 0 Å². The Kier molecular flexibility index (Phi) is 7.13. The summed E-state index contributed by atoms with van der Waals surface area (Å²) < 4.78 is 0. The molecule has 0 amide bonds. The lowest BCUT2D eigenvalue weighted by molar-refractivity contribution is 0.161. The van der Waals surface area contributed by atoms with Gasteiger partial charge in [-0.2, -0.15) is 0 Å². The van der Waals surface area contributed by atoms with Gasteiger partial charge in [-0.25, -0.2) is 0 Å². The van der Waals surface area contributed by atoms with Gasteiger partial charge in [0.1, 0.15) is 0 Å². The van der Waals surface area contributed by atoms with Gasteiger partial charge in [0, 0.05) is 19.0 Å². The molecule has 78 valence electrons. The third-order valence-electron chi connectivity index (χ3n) is 2.02. The summed E-state index contributed by atoms with van der Waals surface area (Å²) in [7, 11) is 0. The standard InChI is InChI=1S/C9H20N2OS/c1-3-4-11(5-6-12)8(2)7-9(10)13/h8,12H,3-7H2,1-2H3,(H2,10,13). The molecule has 1 unspecified atom stereocenters. The number of aliphatic hydroxyl groups excluding tert-OH is 1. The molecule has 0 aromatic rings. The van der Waals surface area contributed by atoms with Crippen molar-refractivity contribution in [2.45, 2.75) is 32.7 Å². The van der Waals surface area contributed by atoms with E-state index in [0.717, 1.165) is 19.4 Å². The number of thiocarbonyl (C=S) groups is 1. The Hall–Kier alpha value is -0.190. The highest BCUT2D eigenvalue weighted by atomic mass is 32.1. The van der Waals surface area contributed by atoms with Crippen LogP contribution in [0.1, 0.15) is 26.7 Å². The molecule has 0 fully saturated rings. The predicted molar refractivity (Wildman–Crippen MR) is 59.8 cm³/mol. The SMILES string of the molecule is CCCN(CCO)C(C)CC(N)=S. The molecule has 0 saturated carbocycles. The van der Waals surface area contributed by atoms with Crippen LogP contribution in [0.4, 0.5) is 0 Å². The lowest BCUT2D eigenvalue weighted by Gasteiger charge is -2.27. The van der Waals surface area contributed by atoms with Gasteiger partial charge in [-0.15, -0.1) is 0 Å². The zero-order valence-electron chi connectivity index (χ0n) is 8.49. The maximum absolute atomic E-state index is 8.84. The molecule has 4 heteroatoms. The van der Waals surface area contributed by atoms with Gasteiger partial charge >= 0.3 is 0 Å². The molecule has 0 rings (SSSR count). The number of hydrogen-bond acceptors (Lipinski definition) is 3. The van der Waals surface area contributed by atoms with E-state index in [9.17, 15) is 0 Å². The molecular weight excluding hydrogens is 184 g/mol. The van der Waals surface area contributed by atoms with E-state index >= 15 is 0 Å². The number of rotatable bonds is 7. The third kappa shape index (κ3) is 5.96. The van der Waals surface area contributed by atoms with Gasteiger partial charge in [-0.3, -0.25) is 4.90 Å². The van der Waals surface area contributed by atoms with Gasteiger partial charge in [0.15, 0.2) is 0 Å². The summed E-state index contributed by atoms with van der Waals surface area (Å²) in [6, 6.07) is 0.338. The Bertz CT molecular complexity index is 147. The van der Waals surface area contributed by atoms with E-state index in [2.05, 4.69) is 18.7 Å². The molecule has 13 heavy (non-hydrogen) atoms. The summed E-state index contributed by atoms with van der Waals surface area (Å²) in [6.07, 6.45) is 1.82. The first kappa shape index (κ1) is 12.8. The van der Waals surface area contributed by atoms with E-state index in [0.29, 0.717) is 17.6 Å². The largest absolute Gasteiger partial charge is 0.395 e. The lowest BCUT2D eigenvalue weighted by atomic mass is 10.2. The quantitative estimate of drug-likeness (QED) is 0.601. The van der Waals surface area contributed by atoms with Gasteiger partial charge in [0.05, 0.1) is 11.6 Å². The Morgan fingerprint density at radius 1 is 1.54 bits per heavy atom. The van der Waals surface area contributed by atoms with Crippen LogP contribution in [0.25, 0.3) is 0 Å². The monoisotopic (exact) mass is 204 g/mol. The topological polar surface area (TPSA) is 49.5 Å². The number of aliphatic hydroxyl groups is 1. The maximum Gasteiger partial charge on any atom is 0.0742 e. The second-order valence-electron chi connectivity index (χ2n) is 3.28. The van der Waals surface area contributed by atoms with E-state index in [1.807, 2.05) is 0 Å². The molecule has 0 heterocycles. The van der Waals surface area contributed by atoms with Crippen LogP contribution in [-0.4, -0.2) is 40.7 Å². The van der Waals surface area contributed by atoms with Crippen molar-refractivity contribution >= 4 is 17.2 Å². The van der Waals surface area contributed by atoms with Crippen LogP contribution in [-0.2, 0) is 0 Å². The van der Waals surface area contributed by atoms with E-state index in [1.54, 1.807) is 0 Å². The van der Waals surface area contributed by atoms with Crippen LogP contribution in [0.15, 0.2) is 0 Å². The first-order valence-corrected chi connectivity index (χ1v) is 5.15. The Balaban J connectivity index is 3.93. The smallest absolute Gasteiger partial charge is 0.0742 e. The van der Waals surface area contributed by atoms with Gasteiger partial charge < -0.3 is 10.8 Å². The van der Waals surface area contributed by atoms with Crippen LogP contribution in [0.2, 0.25) is 0 Å². The summed E-state index contributed by atoms with van der Waals surface area (Å²) in [4.78, 5) is 2.76. The van der Waals surface area contributed by atoms with Gasteiger partial charge in [-0.1, -0.05) is 19.1 Å². The highest BCUT2D eigenvalue weighted by Crippen LogP contribution is 2.04. The first-order valence-electron chi connectivity index (χ1n) is 4.75. The third-order valence-corrected chi connectivity index (χ3v) is 2.18. The number of nitrogens with two attached hydrogens (primary N) is 1. The second-order valence-corrected chi connectivity index (χ2v) is 3.80. The Morgan fingerprint density at radius 2 is 2.15 bits per heavy atom. The van der Waals surface area contributed by atoms with Crippen molar-refractivity contribution in [2.75, 3.05) is 19.7 Å². The molecule has 0 spiro atoms. The molecule has 0 aliphatic carbocycles. The molecule has 0 aliphatic rings. The number of hydrogen-bond donors (Lipinski definition) is 2. The summed E-state index contributed by atoms with van der Waals surface area (Å²) in [5.74, 6) is 0. The maximum atomic E-state index is 8.84. The van der Waals surface area contributed by atoms with Crippen molar-refractivity contribution < 1.29 is 5.11 Å². The molecule has 0 aliphatic heterocycles. The van der Waals surface area contributed by atoms with E-state index in [-0.39, 0.29) is 6.61 Å². The minimum absolute atomic E-state index is 0.196. The van der Waals surface area contributed by atoms with Gasteiger partial charge in [-0.05, 0) is 19.9 Å². The van der Waals surface area contributed by atoms with Gasteiger partial charge in [0.2, 0.25) is 0 Å². The van der Waals surface area contributed by atoms with Crippen LogP contribution in [0.3, 0.4) is 0 Å². The van der Waals surface area contributed by atoms with Crippen LogP contribution in [0, 0.1) is 0 Å². The minimum Gasteiger partial charge on any atom is -0.395 e. The van der Waals surface area contributed by atoms with Crippen molar-refractivity contribution in [3.63, 3.8) is 0 Å². The van der Waals surface area contributed by atoms with Crippen molar-refractivity contribution in [1.82, 2.24) is 4.90 Å². The zero-order chi connectivity index (χ0) is 10.3. The van der Waals surface area contributed by atoms with E-state index < -0.39 is 0 Å². The van der Waals surface area contributed by atoms with E-state index in [1.165, 1.54) is 0 Å². The Labute approximate surface area is 85.9 Å². The molecule has 0 saturated heterocycles. The summed E-state index contributed by atoms with van der Waals surface area (Å²) >= 11 is 4.85. The van der Waals surface area contributed by atoms with Crippen molar-refractivity contribution in [3.8, 4) is 0 Å². The molecular formula is C9H20N2OS. The molecule has 0 radical (unpaired) electrons. The molecule has 0 bridgehead atoms. The normalized spacial score (nSPS) is 13.2.